The molecule has 0 bridgehead atoms. The van der Waals surface area contributed by atoms with E-state index >= 15 is 0 Å². The Balaban J connectivity index is 2.56. The van der Waals surface area contributed by atoms with Gasteiger partial charge in [-0.3, -0.25) is 9.59 Å². The fourth-order valence-electron chi connectivity index (χ4n) is 3.41. The Bertz CT molecular complexity index is 1020. The molecule has 0 aliphatic rings. The first-order valence-electron chi connectivity index (χ1n) is 10.1. The molecule has 0 aromatic heterocycles. The molecule has 2 aromatic rings. The van der Waals surface area contributed by atoms with E-state index in [2.05, 4.69) is 10.6 Å². The minimum absolute atomic E-state index is 0.209. The Morgan fingerprint density at radius 2 is 1.88 bits per heavy atom. The highest BCUT2D eigenvalue weighted by molar-refractivity contribution is 5.99. The van der Waals surface area contributed by atoms with Crippen molar-refractivity contribution in [3.8, 4) is 6.07 Å². The molecule has 2 atom stereocenters. The van der Waals surface area contributed by atoms with E-state index in [1.165, 1.54) is 12.1 Å². The van der Waals surface area contributed by atoms with Gasteiger partial charge in [-0.25, -0.2) is 4.39 Å². The molecule has 2 unspecified atom stereocenters. The number of nitrogens with one attached hydrogen (secondary N) is 4. The highest BCUT2D eigenvalue weighted by atomic mass is 19.1. The van der Waals surface area contributed by atoms with Gasteiger partial charge in [0.2, 0.25) is 5.91 Å². The second kappa shape index (κ2) is 11.6. The summed E-state index contributed by atoms with van der Waals surface area (Å²) in [6, 6.07) is 11.4. The van der Waals surface area contributed by atoms with Crippen LogP contribution in [-0.4, -0.2) is 37.2 Å². The molecular formula is C24H26FN5O2. The molecule has 0 heterocycles. The lowest BCUT2D eigenvalue weighted by Gasteiger charge is -2.32. The lowest BCUT2D eigenvalue weighted by molar-refractivity contribution is -0.118. The van der Waals surface area contributed by atoms with Crippen molar-refractivity contribution in [1.82, 2.24) is 5.32 Å². The summed E-state index contributed by atoms with van der Waals surface area (Å²) in [6.45, 7) is 4.50. The van der Waals surface area contributed by atoms with Gasteiger partial charge in [0.25, 0.3) is 0 Å². The Morgan fingerprint density at radius 3 is 2.47 bits per heavy atom. The molecule has 166 valence electrons. The fourth-order valence-corrected chi connectivity index (χ4v) is 3.41. The van der Waals surface area contributed by atoms with Gasteiger partial charge < -0.3 is 21.5 Å². The lowest BCUT2D eigenvalue weighted by atomic mass is 9.81. The predicted molar refractivity (Wildman–Crippen MR) is 122 cm³/mol. The zero-order valence-electron chi connectivity index (χ0n) is 17.9. The number of nitrogens with zero attached hydrogens (tertiary/aromatic N) is 1. The number of aldehydes is 1. The third-order valence-electron chi connectivity index (χ3n) is 5.02. The van der Waals surface area contributed by atoms with Crippen molar-refractivity contribution in [3.05, 3.63) is 65.0 Å². The van der Waals surface area contributed by atoms with E-state index in [-0.39, 0.29) is 17.2 Å². The third-order valence-corrected chi connectivity index (χ3v) is 5.02. The van der Waals surface area contributed by atoms with Gasteiger partial charge in [0.15, 0.2) is 0 Å². The van der Waals surface area contributed by atoms with Crippen LogP contribution in [0.1, 0.15) is 41.3 Å². The van der Waals surface area contributed by atoms with E-state index < -0.39 is 29.6 Å². The van der Waals surface area contributed by atoms with Crippen molar-refractivity contribution in [2.24, 2.45) is 11.8 Å². The molecular weight excluding hydrogens is 409 g/mol. The topological polar surface area (TPSA) is 130 Å². The van der Waals surface area contributed by atoms with E-state index in [0.29, 0.717) is 24.0 Å². The number of hydrogen-bond donors (Lipinski definition) is 4. The van der Waals surface area contributed by atoms with Crippen LogP contribution in [0.15, 0.2) is 42.5 Å². The summed E-state index contributed by atoms with van der Waals surface area (Å²) in [6.07, 6.45) is 2.82. The van der Waals surface area contributed by atoms with Crippen LogP contribution in [0.2, 0.25) is 0 Å². The van der Waals surface area contributed by atoms with Crippen LogP contribution in [0.3, 0.4) is 0 Å². The van der Waals surface area contributed by atoms with Crippen molar-refractivity contribution in [2.45, 2.75) is 25.8 Å². The summed E-state index contributed by atoms with van der Waals surface area (Å²) in [5.41, 5.74) is 0.775. The normalized spacial score (nSPS) is 13.5. The van der Waals surface area contributed by atoms with Crippen LogP contribution in [0, 0.1) is 39.8 Å². The molecule has 2 rings (SSSR count). The minimum atomic E-state index is -0.945. The van der Waals surface area contributed by atoms with Crippen LogP contribution < -0.4 is 10.6 Å². The number of hydrogen-bond acceptors (Lipinski definition) is 6. The van der Waals surface area contributed by atoms with Gasteiger partial charge in [0.1, 0.15) is 18.2 Å². The van der Waals surface area contributed by atoms with Gasteiger partial charge >= 0.3 is 0 Å². The molecule has 32 heavy (non-hydrogen) atoms. The molecule has 0 spiro atoms. The summed E-state index contributed by atoms with van der Waals surface area (Å²) in [5, 5.41) is 30.6. The quantitative estimate of drug-likeness (QED) is 0.316. The molecule has 0 aliphatic heterocycles. The smallest absolute Gasteiger partial charge is 0.233 e. The largest absolute Gasteiger partial charge is 0.325 e. The Morgan fingerprint density at radius 1 is 1.19 bits per heavy atom. The predicted octanol–water partition coefficient (Wildman–Crippen LogP) is 3.76. The highest BCUT2D eigenvalue weighted by Crippen LogP contribution is 2.28. The number of rotatable bonds is 11. The van der Waals surface area contributed by atoms with Crippen LogP contribution in [0.4, 0.5) is 10.1 Å². The summed E-state index contributed by atoms with van der Waals surface area (Å²) >= 11 is 0. The Kier molecular flexibility index (Phi) is 8.93. The number of carbonyl (C=O) groups excluding carboxylic acids is 2. The lowest BCUT2D eigenvalue weighted by Crippen LogP contribution is -2.48. The zero-order chi connectivity index (χ0) is 23.7. The van der Waals surface area contributed by atoms with Crippen molar-refractivity contribution in [3.63, 3.8) is 0 Å². The van der Waals surface area contributed by atoms with Crippen molar-refractivity contribution in [1.29, 1.82) is 16.1 Å². The standard InChI is InChI=1S/C24H26FN5O2/c1-15(2)13-29-23(18(11-27)12-28)22(20-6-4-3-5-16(20)14-31)24(32)30-19-7-8-21(25)17(9-19)10-26/h3-9,11-12,14-15,18,22-23,27-29H,13H2,1-2H3,(H,30,32). The SMILES string of the molecule is CC(C)CNC(C(C=N)C=N)C(C(=O)Nc1ccc(F)c(C#N)c1)c1ccccc1C=O. The van der Waals surface area contributed by atoms with E-state index in [1.54, 1.807) is 30.3 Å². The first-order chi connectivity index (χ1) is 15.4. The number of carbonyl (C=O) groups is 2. The van der Waals surface area contributed by atoms with Crippen LogP contribution in [0.5, 0.6) is 0 Å². The molecule has 0 saturated carbocycles. The molecule has 2 aromatic carbocycles. The average molecular weight is 436 g/mol. The number of benzene rings is 2. The van der Waals surface area contributed by atoms with Gasteiger partial charge in [-0.05, 0) is 36.2 Å². The van der Waals surface area contributed by atoms with Crippen molar-refractivity contribution in [2.75, 3.05) is 11.9 Å². The van der Waals surface area contributed by atoms with Gasteiger partial charge in [-0.1, -0.05) is 38.1 Å². The fraction of sp³-hybridized carbons (Fsp3) is 0.292. The molecule has 8 heteroatoms. The van der Waals surface area contributed by atoms with Gasteiger partial charge in [0.05, 0.1) is 11.5 Å². The van der Waals surface area contributed by atoms with Crippen LogP contribution in [-0.2, 0) is 4.79 Å². The monoisotopic (exact) mass is 435 g/mol. The molecule has 0 saturated heterocycles. The summed E-state index contributed by atoms with van der Waals surface area (Å²) in [4.78, 5) is 25.2. The van der Waals surface area contributed by atoms with Gasteiger partial charge in [0, 0.05) is 35.6 Å². The first kappa shape index (κ1) is 24.6. The molecule has 1 amide bonds. The van der Waals surface area contributed by atoms with Gasteiger partial charge in [-0.15, -0.1) is 0 Å². The van der Waals surface area contributed by atoms with E-state index in [0.717, 1.165) is 18.5 Å². The second-order valence-electron chi connectivity index (χ2n) is 7.76. The Hall–Kier alpha value is -3.70. The maximum atomic E-state index is 13.7. The molecule has 0 fully saturated rings. The molecule has 0 aliphatic carbocycles. The molecule has 7 nitrogen and oxygen atoms in total. The maximum Gasteiger partial charge on any atom is 0.233 e. The summed E-state index contributed by atoms with van der Waals surface area (Å²) < 4.78 is 13.7. The molecule has 4 N–H and O–H groups in total. The van der Waals surface area contributed by atoms with Crippen molar-refractivity contribution >= 4 is 30.3 Å². The highest BCUT2D eigenvalue weighted by Gasteiger charge is 2.35. The number of anilines is 1. The summed E-state index contributed by atoms with van der Waals surface area (Å²) in [7, 11) is 0. The number of amides is 1. The van der Waals surface area contributed by atoms with Crippen molar-refractivity contribution < 1.29 is 14.0 Å². The zero-order valence-corrected chi connectivity index (χ0v) is 17.9. The first-order valence-corrected chi connectivity index (χ1v) is 10.1. The minimum Gasteiger partial charge on any atom is -0.325 e. The number of nitriles is 1. The van der Waals surface area contributed by atoms with Crippen LogP contribution in [0.25, 0.3) is 0 Å². The van der Waals surface area contributed by atoms with E-state index in [9.17, 15) is 14.0 Å². The van der Waals surface area contributed by atoms with E-state index in [1.807, 2.05) is 13.8 Å². The van der Waals surface area contributed by atoms with Gasteiger partial charge in [-0.2, -0.15) is 5.26 Å². The third kappa shape index (κ3) is 5.93. The van der Waals surface area contributed by atoms with E-state index in [4.69, 9.17) is 16.1 Å². The molecule has 0 radical (unpaired) electrons. The average Bonchev–Trinajstić information content (AvgIpc) is 2.79. The maximum absolute atomic E-state index is 13.7. The number of halogens is 1. The van der Waals surface area contributed by atoms with Crippen LogP contribution >= 0.6 is 0 Å². The second-order valence-corrected chi connectivity index (χ2v) is 7.76. The Labute approximate surface area is 186 Å². The summed E-state index contributed by atoms with van der Waals surface area (Å²) in [5.74, 6) is -2.64.